The molecule has 2 aromatic carbocycles. The van der Waals surface area contributed by atoms with E-state index in [0.717, 1.165) is 30.2 Å². The molecular weight excluding hydrogens is 392 g/mol. The maximum Gasteiger partial charge on any atom is 0.223 e. The SMILES string of the molecule is CCNC(=NCCCC(=O)N1Cc2ccccc2C1)Nc1ccc2c(c1)OCCCO2. The number of aliphatic imine (C=N–C) groups is 1. The Balaban J connectivity index is 1.28. The first-order chi connectivity index (χ1) is 15.2. The third-order valence-corrected chi connectivity index (χ3v) is 5.37. The average molecular weight is 423 g/mol. The zero-order chi connectivity index (χ0) is 21.5. The van der Waals surface area contributed by atoms with Crippen molar-refractivity contribution in [1.29, 1.82) is 0 Å². The number of nitrogens with zero attached hydrogens (tertiary/aromatic N) is 2. The van der Waals surface area contributed by atoms with E-state index in [1.165, 1.54) is 11.1 Å². The second kappa shape index (κ2) is 10.2. The van der Waals surface area contributed by atoms with Gasteiger partial charge in [0.25, 0.3) is 0 Å². The third kappa shape index (κ3) is 5.48. The van der Waals surface area contributed by atoms with Gasteiger partial charge in [0, 0.05) is 50.8 Å². The molecule has 31 heavy (non-hydrogen) atoms. The van der Waals surface area contributed by atoms with Crippen LogP contribution in [-0.2, 0) is 17.9 Å². The highest BCUT2D eigenvalue weighted by Gasteiger charge is 2.22. The van der Waals surface area contributed by atoms with Crippen LogP contribution >= 0.6 is 0 Å². The first-order valence-corrected chi connectivity index (χ1v) is 11.0. The largest absolute Gasteiger partial charge is 0.490 e. The minimum absolute atomic E-state index is 0.187. The van der Waals surface area contributed by atoms with Crippen molar-refractivity contribution >= 4 is 17.6 Å². The van der Waals surface area contributed by atoms with Gasteiger partial charge in [-0.1, -0.05) is 24.3 Å². The molecule has 0 aliphatic carbocycles. The summed E-state index contributed by atoms with van der Waals surface area (Å²) in [4.78, 5) is 19.1. The number of hydrogen-bond acceptors (Lipinski definition) is 4. The van der Waals surface area contributed by atoms with Gasteiger partial charge in [-0.3, -0.25) is 9.79 Å². The molecule has 0 saturated carbocycles. The molecule has 7 nitrogen and oxygen atoms in total. The Kier molecular flexibility index (Phi) is 6.92. The van der Waals surface area contributed by atoms with E-state index in [1.54, 1.807) is 0 Å². The lowest BCUT2D eigenvalue weighted by Gasteiger charge is -2.15. The summed E-state index contributed by atoms with van der Waals surface area (Å²) in [6.45, 7) is 6.11. The summed E-state index contributed by atoms with van der Waals surface area (Å²) < 4.78 is 11.4. The first-order valence-electron chi connectivity index (χ1n) is 11.0. The standard InChI is InChI=1S/C24H30N4O3/c1-2-25-24(27-20-10-11-21-22(15-20)31-14-6-13-30-21)26-12-5-9-23(29)28-16-18-7-3-4-8-19(18)17-28/h3-4,7-8,10-11,15H,2,5-6,9,12-14,16-17H2,1H3,(H2,25,26,27). The summed E-state index contributed by atoms with van der Waals surface area (Å²) in [6, 6.07) is 14.1. The Morgan fingerprint density at radius 1 is 1.06 bits per heavy atom. The molecule has 2 N–H and O–H groups in total. The van der Waals surface area contributed by atoms with Crippen LogP contribution in [0.5, 0.6) is 11.5 Å². The summed E-state index contributed by atoms with van der Waals surface area (Å²) in [5.74, 6) is 2.40. The minimum atomic E-state index is 0.187. The topological polar surface area (TPSA) is 75.2 Å². The fourth-order valence-corrected chi connectivity index (χ4v) is 3.77. The predicted molar refractivity (Wildman–Crippen MR) is 122 cm³/mol. The van der Waals surface area contributed by atoms with E-state index < -0.39 is 0 Å². The molecule has 0 spiro atoms. The molecule has 164 valence electrons. The highest BCUT2D eigenvalue weighted by atomic mass is 16.5. The molecule has 0 radical (unpaired) electrons. The lowest BCUT2D eigenvalue weighted by molar-refractivity contribution is -0.131. The third-order valence-electron chi connectivity index (χ3n) is 5.37. The summed E-state index contributed by atoms with van der Waals surface area (Å²) in [7, 11) is 0. The van der Waals surface area contributed by atoms with Gasteiger partial charge < -0.3 is 25.0 Å². The second-order valence-electron chi connectivity index (χ2n) is 7.72. The van der Waals surface area contributed by atoms with Gasteiger partial charge in [-0.25, -0.2) is 0 Å². The Morgan fingerprint density at radius 3 is 2.55 bits per heavy atom. The van der Waals surface area contributed by atoms with Gasteiger partial charge in [-0.15, -0.1) is 0 Å². The van der Waals surface area contributed by atoms with Crippen molar-refractivity contribution in [3.05, 3.63) is 53.6 Å². The molecule has 1 amide bonds. The van der Waals surface area contributed by atoms with Crippen LogP contribution in [-0.4, -0.2) is 43.1 Å². The van der Waals surface area contributed by atoms with E-state index in [1.807, 2.05) is 42.2 Å². The van der Waals surface area contributed by atoms with Crippen molar-refractivity contribution in [3.8, 4) is 11.5 Å². The Morgan fingerprint density at radius 2 is 1.81 bits per heavy atom. The maximum atomic E-state index is 12.6. The molecule has 0 unspecified atom stereocenters. The number of benzene rings is 2. The number of nitrogens with one attached hydrogen (secondary N) is 2. The first kappa shape index (κ1) is 21.0. The van der Waals surface area contributed by atoms with E-state index >= 15 is 0 Å². The van der Waals surface area contributed by atoms with Gasteiger partial charge in [0.15, 0.2) is 17.5 Å². The smallest absolute Gasteiger partial charge is 0.223 e. The van der Waals surface area contributed by atoms with E-state index in [2.05, 4.69) is 27.8 Å². The summed E-state index contributed by atoms with van der Waals surface area (Å²) in [6.07, 6.45) is 2.09. The molecule has 4 rings (SSSR count). The number of carbonyl (C=O) groups is 1. The second-order valence-corrected chi connectivity index (χ2v) is 7.72. The van der Waals surface area contributed by atoms with Crippen molar-refractivity contribution in [3.63, 3.8) is 0 Å². The van der Waals surface area contributed by atoms with Gasteiger partial charge in [-0.05, 0) is 36.6 Å². The molecule has 2 aliphatic heterocycles. The molecule has 0 atom stereocenters. The maximum absolute atomic E-state index is 12.6. The average Bonchev–Trinajstić information content (AvgIpc) is 3.08. The number of amides is 1. The number of fused-ring (bicyclic) bond motifs is 2. The van der Waals surface area contributed by atoms with Crippen LogP contribution in [0.4, 0.5) is 5.69 Å². The van der Waals surface area contributed by atoms with Crippen molar-refractivity contribution < 1.29 is 14.3 Å². The fraction of sp³-hybridized carbons (Fsp3) is 0.417. The number of hydrogen-bond donors (Lipinski definition) is 2. The molecule has 0 saturated heterocycles. The quantitative estimate of drug-likeness (QED) is 0.423. The van der Waals surface area contributed by atoms with Gasteiger partial charge >= 0.3 is 0 Å². The van der Waals surface area contributed by atoms with Crippen LogP contribution in [0.3, 0.4) is 0 Å². The Hall–Kier alpha value is -3.22. The Labute approximate surface area is 183 Å². The predicted octanol–water partition coefficient (Wildman–Crippen LogP) is 3.55. The summed E-state index contributed by atoms with van der Waals surface area (Å²) in [5, 5.41) is 6.56. The highest BCUT2D eigenvalue weighted by molar-refractivity contribution is 5.94. The molecule has 0 aromatic heterocycles. The van der Waals surface area contributed by atoms with Crippen molar-refractivity contribution in [2.45, 2.75) is 39.3 Å². The zero-order valence-electron chi connectivity index (χ0n) is 18.0. The lowest BCUT2D eigenvalue weighted by Crippen LogP contribution is -2.31. The van der Waals surface area contributed by atoms with Gasteiger partial charge in [0.05, 0.1) is 13.2 Å². The van der Waals surface area contributed by atoms with E-state index in [9.17, 15) is 4.79 Å². The van der Waals surface area contributed by atoms with Crippen LogP contribution in [0, 0.1) is 0 Å². The molecule has 2 aliphatic rings. The van der Waals surface area contributed by atoms with Crippen molar-refractivity contribution in [1.82, 2.24) is 10.2 Å². The molecular formula is C24H30N4O3. The number of anilines is 1. The van der Waals surface area contributed by atoms with Gasteiger partial charge in [-0.2, -0.15) is 0 Å². The molecule has 0 bridgehead atoms. The summed E-state index contributed by atoms with van der Waals surface area (Å²) >= 11 is 0. The molecule has 0 fully saturated rings. The normalized spacial score (nSPS) is 15.3. The monoisotopic (exact) mass is 422 g/mol. The van der Waals surface area contributed by atoms with E-state index in [0.29, 0.717) is 51.6 Å². The number of ether oxygens (including phenoxy) is 2. The zero-order valence-corrected chi connectivity index (χ0v) is 18.0. The summed E-state index contributed by atoms with van der Waals surface area (Å²) in [5.41, 5.74) is 3.39. The van der Waals surface area contributed by atoms with Crippen LogP contribution in [0.25, 0.3) is 0 Å². The number of guanidine groups is 1. The van der Waals surface area contributed by atoms with Crippen LogP contribution < -0.4 is 20.1 Å². The van der Waals surface area contributed by atoms with Crippen LogP contribution in [0.1, 0.15) is 37.3 Å². The number of rotatable bonds is 6. The van der Waals surface area contributed by atoms with Crippen molar-refractivity contribution in [2.24, 2.45) is 4.99 Å². The number of carbonyl (C=O) groups excluding carboxylic acids is 1. The van der Waals surface area contributed by atoms with Gasteiger partial charge in [0.1, 0.15) is 0 Å². The van der Waals surface area contributed by atoms with Crippen LogP contribution in [0.2, 0.25) is 0 Å². The van der Waals surface area contributed by atoms with Crippen molar-refractivity contribution in [2.75, 3.05) is 31.6 Å². The Bertz CT molecular complexity index is 919. The highest BCUT2D eigenvalue weighted by Crippen LogP contribution is 2.32. The van der Waals surface area contributed by atoms with E-state index in [-0.39, 0.29) is 5.91 Å². The van der Waals surface area contributed by atoms with E-state index in [4.69, 9.17) is 9.47 Å². The molecule has 7 heteroatoms. The molecule has 2 heterocycles. The lowest BCUT2D eigenvalue weighted by atomic mass is 10.1. The fourth-order valence-electron chi connectivity index (χ4n) is 3.77. The minimum Gasteiger partial charge on any atom is -0.490 e. The molecule has 2 aromatic rings. The van der Waals surface area contributed by atoms with Gasteiger partial charge in [0.2, 0.25) is 5.91 Å². The van der Waals surface area contributed by atoms with Crippen LogP contribution in [0.15, 0.2) is 47.5 Å².